The number of hydrogen-bond acceptors (Lipinski definition) is 5. The lowest BCUT2D eigenvalue weighted by atomic mass is 9.68. The van der Waals surface area contributed by atoms with Crippen LogP contribution in [0.4, 0.5) is 5.69 Å². The zero-order valence-electron chi connectivity index (χ0n) is 19.6. The number of carbonyl (C=O) groups excluding carboxylic acids is 1. The Morgan fingerprint density at radius 2 is 1.91 bits per heavy atom. The van der Waals surface area contributed by atoms with E-state index >= 15 is 0 Å². The number of para-hydroxylation sites is 2. The summed E-state index contributed by atoms with van der Waals surface area (Å²) in [6.45, 7) is 8.21. The molecule has 2 atom stereocenters. The molecule has 0 unspecified atom stereocenters. The second kappa shape index (κ2) is 6.51. The van der Waals surface area contributed by atoms with E-state index in [2.05, 4.69) is 32.9 Å². The molecule has 3 aliphatic rings. The van der Waals surface area contributed by atoms with Gasteiger partial charge < -0.3 is 15.4 Å². The first-order valence-corrected chi connectivity index (χ1v) is 11.4. The number of amides is 1. The molecule has 34 heavy (non-hydrogen) atoms. The van der Waals surface area contributed by atoms with Crippen molar-refractivity contribution in [1.29, 1.82) is 5.26 Å². The molecule has 7 nitrogen and oxygen atoms in total. The average Bonchev–Trinajstić information content (AvgIpc) is 3.26. The van der Waals surface area contributed by atoms with E-state index in [9.17, 15) is 10.1 Å². The van der Waals surface area contributed by atoms with Gasteiger partial charge in [-0.15, -0.1) is 0 Å². The summed E-state index contributed by atoms with van der Waals surface area (Å²) in [6, 6.07) is 17.8. The monoisotopic (exact) mass is 451 g/mol. The largest absolute Gasteiger partial charge is 0.422 e. The number of nitriles is 1. The summed E-state index contributed by atoms with van der Waals surface area (Å²) in [5.41, 5.74) is 9.43. The summed E-state index contributed by atoms with van der Waals surface area (Å²) in [5, 5.41) is 15.1. The normalized spacial score (nSPS) is 24.0. The summed E-state index contributed by atoms with van der Waals surface area (Å²) < 4.78 is 7.71. The topological polar surface area (TPSA) is 97.2 Å². The molecule has 6 rings (SSSR count). The number of aryl methyl sites for hydroxylation is 1. The summed E-state index contributed by atoms with van der Waals surface area (Å²) in [4.78, 5) is 16.5. The van der Waals surface area contributed by atoms with Gasteiger partial charge in [0.25, 0.3) is 0 Å². The van der Waals surface area contributed by atoms with E-state index in [1.807, 2.05) is 54.3 Å². The minimum absolute atomic E-state index is 0.0660. The molecular formula is C27H25N5O2. The summed E-state index contributed by atoms with van der Waals surface area (Å²) in [7, 11) is 0. The van der Waals surface area contributed by atoms with Gasteiger partial charge in [-0.2, -0.15) is 10.4 Å². The summed E-state index contributed by atoms with van der Waals surface area (Å²) in [6.07, 6.45) is 0.817. The molecule has 1 spiro atoms. The van der Waals surface area contributed by atoms with Gasteiger partial charge in [-0.3, -0.25) is 4.79 Å². The van der Waals surface area contributed by atoms with Crippen LogP contribution in [0.3, 0.4) is 0 Å². The van der Waals surface area contributed by atoms with E-state index in [0.29, 0.717) is 17.1 Å². The van der Waals surface area contributed by atoms with Crippen molar-refractivity contribution in [2.24, 2.45) is 5.73 Å². The maximum atomic E-state index is 14.6. The first-order valence-electron chi connectivity index (χ1n) is 11.4. The number of carbonyl (C=O) groups is 1. The number of anilines is 1. The molecule has 0 saturated heterocycles. The number of benzene rings is 2. The lowest BCUT2D eigenvalue weighted by molar-refractivity contribution is -0.122. The predicted molar refractivity (Wildman–Crippen MR) is 128 cm³/mol. The molecule has 0 aliphatic carbocycles. The van der Waals surface area contributed by atoms with E-state index in [4.69, 9.17) is 15.6 Å². The highest BCUT2D eigenvalue weighted by Crippen LogP contribution is 2.61. The second-order valence-electron chi connectivity index (χ2n) is 10.0. The average molecular weight is 452 g/mol. The van der Waals surface area contributed by atoms with Gasteiger partial charge in [-0.1, -0.05) is 43.3 Å². The molecule has 3 aliphatic heterocycles. The molecule has 1 amide bonds. The molecular weight excluding hydrogens is 426 g/mol. The molecule has 0 fully saturated rings. The fraction of sp³-hybridized carbons (Fsp3) is 0.296. The second-order valence-corrected chi connectivity index (χ2v) is 10.0. The van der Waals surface area contributed by atoms with Crippen LogP contribution < -0.4 is 15.4 Å². The van der Waals surface area contributed by atoms with Gasteiger partial charge in [-0.25, -0.2) is 4.68 Å². The molecule has 2 N–H and O–H groups in total. The predicted octanol–water partition coefficient (Wildman–Crippen LogP) is 4.19. The van der Waals surface area contributed by atoms with Gasteiger partial charge in [0.2, 0.25) is 17.7 Å². The van der Waals surface area contributed by atoms with Crippen molar-refractivity contribution < 1.29 is 9.53 Å². The van der Waals surface area contributed by atoms with Crippen molar-refractivity contribution >= 4 is 11.6 Å². The molecule has 7 heteroatoms. The highest BCUT2D eigenvalue weighted by molar-refractivity contribution is 6.16. The molecule has 2 aromatic carbocycles. The number of hydrogen-bond donors (Lipinski definition) is 1. The van der Waals surface area contributed by atoms with Crippen molar-refractivity contribution in [1.82, 2.24) is 9.78 Å². The lowest BCUT2D eigenvalue weighted by Crippen LogP contribution is -2.54. The lowest BCUT2D eigenvalue weighted by Gasteiger charge is -2.44. The van der Waals surface area contributed by atoms with E-state index in [-0.39, 0.29) is 23.3 Å². The molecule has 0 bridgehead atoms. The van der Waals surface area contributed by atoms with Crippen LogP contribution in [0.5, 0.6) is 5.88 Å². The fourth-order valence-corrected chi connectivity index (χ4v) is 6.29. The van der Waals surface area contributed by atoms with Crippen LogP contribution >= 0.6 is 0 Å². The van der Waals surface area contributed by atoms with Crippen LogP contribution in [-0.4, -0.2) is 21.2 Å². The van der Waals surface area contributed by atoms with Crippen LogP contribution in [0.25, 0.3) is 5.69 Å². The minimum Gasteiger partial charge on any atom is -0.422 e. The Bertz CT molecular complexity index is 1460. The Labute approximate surface area is 198 Å². The number of nitrogens with zero attached hydrogens (tertiary/aromatic N) is 4. The molecule has 0 saturated carbocycles. The Kier molecular flexibility index (Phi) is 3.93. The van der Waals surface area contributed by atoms with Gasteiger partial charge in [0.05, 0.1) is 22.6 Å². The molecule has 0 radical (unpaired) electrons. The van der Waals surface area contributed by atoms with Crippen LogP contribution in [0, 0.1) is 18.3 Å². The van der Waals surface area contributed by atoms with E-state index < -0.39 is 11.0 Å². The first kappa shape index (κ1) is 20.5. The third-order valence-electron chi connectivity index (χ3n) is 7.49. The summed E-state index contributed by atoms with van der Waals surface area (Å²) >= 11 is 0. The highest BCUT2D eigenvalue weighted by Gasteiger charge is 2.64. The third-order valence-corrected chi connectivity index (χ3v) is 7.49. The van der Waals surface area contributed by atoms with Gasteiger partial charge in [0.15, 0.2) is 0 Å². The Balaban J connectivity index is 1.75. The maximum absolute atomic E-state index is 14.6. The number of fused-ring (bicyclic) bond motifs is 3. The molecule has 1 aromatic heterocycles. The Morgan fingerprint density at radius 1 is 1.18 bits per heavy atom. The van der Waals surface area contributed by atoms with Gasteiger partial charge in [0.1, 0.15) is 17.1 Å². The van der Waals surface area contributed by atoms with Crippen molar-refractivity contribution in [3.05, 3.63) is 82.4 Å². The first-order chi connectivity index (χ1) is 16.2. The van der Waals surface area contributed by atoms with Crippen molar-refractivity contribution in [3.63, 3.8) is 0 Å². The molecule has 3 aromatic rings. The zero-order chi connectivity index (χ0) is 24.0. The van der Waals surface area contributed by atoms with Crippen LogP contribution in [0.15, 0.2) is 60.0 Å². The number of aromatic nitrogens is 2. The van der Waals surface area contributed by atoms with Crippen molar-refractivity contribution in [3.8, 4) is 17.6 Å². The molecule has 170 valence electrons. The van der Waals surface area contributed by atoms with Gasteiger partial charge >= 0.3 is 0 Å². The number of nitrogens with two attached hydrogens (primary N) is 1. The quantitative estimate of drug-likeness (QED) is 0.598. The van der Waals surface area contributed by atoms with E-state index in [1.54, 1.807) is 4.68 Å². The number of ether oxygens (including phenoxy) is 1. The standard InChI is InChI=1S/C27H25N5O2/c1-15-13-26(3,4)31-22-18(15)11-8-12-19(22)27(25(31)33)20(14-28)23(29)34-24-21(27)16(2)30-32(24)17-9-6-5-7-10-17/h5-12,15H,13,29H2,1-4H3/t15-,27-/m1/s1. The minimum atomic E-state index is -1.41. The van der Waals surface area contributed by atoms with Crippen LogP contribution in [0.2, 0.25) is 0 Å². The smallest absolute Gasteiger partial charge is 0.248 e. The van der Waals surface area contributed by atoms with E-state index in [1.165, 1.54) is 0 Å². The third kappa shape index (κ3) is 2.25. The molecule has 4 heterocycles. The SMILES string of the molecule is Cc1nn(-c2ccccc2)c2c1[C@]1(C(=O)N3c4c(cccc41)[C@H](C)CC3(C)C)C(C#N)=C(N)O2. The van der Waals surface area contributed by atoms with E-state index in [0.717, 1.165) is 28.9 Å². The highest BCUT2D eigenvalue weighted by atomic mass is 16.5. The number of rotatable bonds is 1. The van der Waals surface area contributed by atoms with Crippen molar-refractivity contribution in [2.45, 2.75) is 51.0 Å². The van der Waals surface area contributed by atoms with Gasteiger partial charge in [0, 0.05) is 11.1 Å². The summed E-state index contributed by atoms with van der Waals surface area (Å²) in [5.74, 6) is 0.399. The van der Waals surface area contributed by atoms with Crippen LogP contribution in [0.1, 0.15) is 55.5 Å². The zero-order valence-corrected chi connectivity index (χ0v) is 19.6. The Morgan fingerprint density at radius 3 is 2.62 bits per heavy atom. The van der Waals surface area contributed by atoms with Crippen molar-refractivity contribution in [2.75, 3.05) is 4.90 Å². The van der Waals surface area contributed by atoms with Crippen LogP contribution in [-0.2, 0) is 10.2 Å². The maximum Gasteiger partial charge on any atom is 0.248 e. The fourth-order valence-electron chi connectivity index (χ4n) is 6.29. The Hall–Kier alpha value is -4.05. The van der Waals surface area contributed by atoms with Gasteiger partial charge in [-0.05, 0) is 50.8 Å².